The molecule has 0 spiro atoms. The van der Waals surface area contributed by atoms with Crippen molar-refractivity contribution in [1.29, 1.82) is 0 Å². The van der Waals surface area contributed by atoms with Crippen LogP contribution in [0.3, 0.4) is 0 Å². The molecule has 0 unspecified atom stereocenters. The monoisotopic (exact) mass is 315 g/mol. The summed E-state index contributed by atoms with van der Waals surface area (Å²) in [6, 6.07) is 4.09. The maximum atomic E-state index is 13.2. The molecule has 1 aromatic rings. The van der Waals surface area contributed by atoms with Crippen molar-refractivity contribution >= 4 is 15.9 Å². The largest absolute Gasteiger partial charge is 0.319 e. The third kappa shape index (κ3) is 4.15. The van der Waals surface area contributed by atoms with Crippen LogP contribution in [0.4, 0.5) is 10.1 Å². The zero-order valence-corrected chi connectivity index (χ0v) is 13.2. The number of anilines is 1. The highest BCUT2D eigenvalue weighted by atomic mass is 32.2. The van der Waals surface area contributed by atoms with Gasteiger partial charge in [-0.1, -0.05) is 6.07 Å². The predicted molar refractivity (Wildman–Crippen MR) is 81.9 cm³/mol. The van der Waals surface area contributed by atoms with E-state index in [1.807, 2.05) is 7.05 Å². The molecular formula is C14H22FN3O2S. The molecule has 0 bridgehead atoms. The molecule has 2 rings (SSSR count). The van der Waals surface area contributed by atoms with Crippen LogP contribution in [0.15, 0.2) is 18.2 Å². The van der Waals surface area contributed by atoms with Gasteiger partial charge < -0.3 is 5.32 Å². The quantitative estimate of drug-likeness (QED) is 0.870. The predicted octanol–water partition coefficient (Wildman–Crippen LogP) is 1.72. The molecule has 5 nitrogen and oxygen atoms in total. The normalized spacial score (nSPS) is 17.9. The van der Waals surface area contributed by atoms with E-state index < -0.39 is 16.0 Å². The van der Waals surface area contributed by atoms with Crippen molar-refractivity contribution < 1.29 is 12.8 Å². The van der Waals surface area contributed by atoms with Crippen LogP contribution >= 0.6 is 0 Å². The topological polar surface area (TPSA) is 61.4 Å². The van der Waals surface area contributed by atoms with Crippen molar-refractivity contribution in [3.05, 3.63) is 29.6 Å². The molecule has 1 fully saturated rings. The number of nitrogens with zero attached hydrogens (tertiary/aromatic N) is 1. The van der Waals surface area contributed by atoms with E-state index in [0.29, 0.717) is 30.3 Å². The fourth-order valence-corrected chi connectivity index (χ4v) is 3.87. The number of piperidine rings is 1. The van der Waals surface area contributed by atoms with E-state index in [1.54, 1.807) is 13.0 Å². The Morgan fingerprint density at radius 1 is 1.33 bits per heavy atom. The molecule has 0 atom stereocenters. The summed E-state index contributed by atoms with van der Waals surface area (Å²) in [5.41, 5.74) is 0.998. The number of hydrogen-bond acceptors (Lipinski definition) is 3. The first kappa shape index (κ1) is 16.2. The summed E-state index contributed by atoms with van der Waals surface area (Å²) in [5.74, 6) is 0.0587. The van der Waals surface area contributed by atoms with Gasteiger partial charge >= 0.3 is 10.2 Å². The Labute approximate surface area is 125 Å². The summed E-state index contributed by atoms with van der Waals surface area (Å²) in [6.45, 7) is 3.65. The second-order valence-corrected chi connectivity index (χ2v) is 7.14. The van der Waals surface area contributed by atoms with Crippen molar-refractivity contribution in [2.24, 2.45) is 5.92 Å². The third-order valence-electron chi connectivity index (χ3n) is 3.84. The van der Waals surface area contributed by atoms with Gasteiger partial charge in [-0.15, -0.1) is 0 Å². The molecule has 1 aliphatic rings. The summed E-state index contributed by atoms with van der Waals surface area (Å²) in [7, 11) is -1.72. The summed E-state index contributed by atoms with van der Waals surface area (Å²) >= 11 is 0. The number of halogens is 1. The number of hydrogen-bond donors (Lipinski definition) is 2. The zero-order chi connectivity index (χ0) is 15.5. The van der Waals surface area contributed by atoms with E-state index in [9.17, 15) is 12.8 Å². The minimum atomic E-state index is -3.62. The number of aryl methyl sites for hydroxylation is 1. The molecule has 0 aliphatic carbocycles. The highest BCUT2D eigenvalue weighted by molar-refractivity contribution is 7.90. The van der Waals surface area contributed by atoms with Gasteiger partial charge in [0.15, 0.2) is 0 Å². The summed E-state index contributed by atoms with van der Waals surface area (Å²) in [5, 5.41) is 3.12. The minimum absolute atomic E-state index is 0.298. The van der Waals surface area contributed by atoms with Gasteiger partial charge in [0.2, 0.25) is 0 Å². The van der Waals surface area contributed by atoms with Crippen LogP contribution in [-0.2, 0) is 10.2 Å². The van der Waals surface area contributed by atoms with Crippen LogP contribution in [-0.4, -0.2) is 39.4 Å². The van der Waals surface area contributed by atoms with Gasteiger partial charge in [-0.2, -0.15) is 12.7 Å². The van der Waals surface area contributed by atoms with E-state index >= 15 is 0 Å². The van der Waals surface area contributed by atoms with E-state index in [4.69, 9.17) is 0 Å². The fourth-order valence-electron chi connectivity index (χ4n) is 2.55. The lowest BCUT2D eigenvalue weighted by molar-refractivity contribution is 0.272. The van der Waals surface area contributed by atoms with E-state index in [2.05, 4.69) is 10.0 Å². The lowest BCUT2D eigenvalue weighted by Crippen LogP contribution is -2.43. The average molecular weight is 315 g/mol. The van der Waals surface area contributed by atoms with Gasteiger partial charge in [0, 0.05) is 13.1 Å². The molecule has 118 valence electrons. The maximum Gasteiger partial charge on any atom is 0.301 e. The van der Waals surface area contributed by atoms with Gasteiger partial charge in [0.25, 0.3) is 0 Å². The fraction of sp³-hybridized carbons (Fsp3) is 0.571. The van der Waals surface area contributed by atoms with E-state index in [1.165, 1.54) is 16.4 Å². The summed E-state index contributed by atoms with van der Waals surface area (Å²) in [6.07, 6.45) is 1.67. The lowest BCUT2D eigenvalue weighted by atomic mass is 9.98. The van der Waals surface area contributed by atoms with E-state index in [-0.39, 0.29) is 0 Å². The number of nitrogens with one attached hydrogen (secondary N) is 2. The van der Waals surface area contributed by atoms with Gasteiger partial charge in [-0.25, -0.2) is 4.39 Å². The van der Waals surface area contributed by atoms with Gasteiger partial charge in [0.05, 0.1) is 5.69 Å². The first-order valence-corrected chi connectivity index (χ1v) is 8.55. The highest BCUT2D eigenvalue weighted by Gasteiger charge is 2.28. The number of rotatable bonds is 5. The van der Waals surface area contributed by atoms with Crippen LogP contribution in [0.1, 0.15) is 18.4 Å². The average Bonchev–Trinajstić information content (AvgIpc) is 2.44. The smallest absolute Gasteiger partial charge is 0.301 e. The second-order valence-electron chi connectivity index (χ2n) is 5.47. The molecule has 7 heteroatoms. The van der Waals surface area contributed by atoms with Crippen LogP contribution in [0, 0.1) is 18.7 Å². The lowest BCUT2D eigenvalue weighted by Gasteiger charge is -2.31. The molecule has 1 aliphatic heterocycles. The first-order valence-electron chi connectivity index (χ1n) is 7.11. The molecule has 21 heavy (non-hydrogen) atoms. The summed E-state index contributed by atoms with van der Waals surface area (Å²) < 4.78 is 41.9. The van der Waals surface area contributed by atoms with Gasteiger partial charge in [0.1, 0.15) is 5.82 Å². The second kappa shape index (κ2) is 6.72. The molecule has 0 saturated carbocycles. The minimum Gasteiger partial charge on any atom is -0.319 e. The van der Waals surface area contributed by atoms with Gasteiger partial charge in [-0.05, 0) is 57.0 Å². The van der Waals surface area contributed by atoms with Crippen molar-refractivity contribution in [2.75, 3.05) is 31.4 Å². The van der Waals surface area contributed by atoms with Crippen LogP contribution in [0.25, 0.3) is 0 Å². The first-order chi connectivity index (χ1) is 9.92. The zero-order valence-electron chi connectivity index (χ0n) is 12.4. The molecule has 1 heterocycles. The standard InChI is InChI=1S/C14H22FN3O2S/c1-11-3-4-13(15)9-14(11)17-21(19,20)18-7-5-12(6-8-18)10-16-2/h3-4,9,12,16-17H,5-8,10H2,1-2H3. The summed E-state index contributed by atoms with van der Waals surface area (Å²) in [4.78, 5) is 0. The Hall–Kier alpha value is -1.18. The van der Waals surface area contributed by atoms with Crippen molar-refractivity contribution in [3.63, 3.8) is 0 Å². The van der Waals surface area contributed by atoms with Crippen LogP contribution in [0.2, 0.25) is 0 Å². The Morgan fingerprint density at radius 3 is 2.62 bits per heavy atom. The number of benzene rings is 1. The van der Waals surface area contributed by atoms with Crippen molar-refractivity contribution in [1.82, 2.24) is 9.62 Å². The van der Waals surface area contributed by atoms with E-state index in [0.717, 1.165) is 19.4 Å². The van der Waals surface area contributed by atoms with Crippen LogP contribution in [0.5, 0.6) is 0 Å². The molecule has 0 radical (unpaired) electrons. The molecular weight excluding hydrogens is 293 g/mol. The van der Waals surface area contributed by atoms with Crippen molar-refractivity contribution in [3.8, 4) is 0 Å². The molecule has 1 saturated heterocycles. The Balaban J connectivity index is 2.04. The Morgan fingerprint density at radius 2 is 2.00 bits per heavy atom. The molecule has 1 aromatic carbocycles. The molecule has 2 N–H and O–H groups in total. The molecule has 0 aromatic heterocycles. The highest BCUT2D eigenvalue weighted by Crippen LogP contribution is 2.22. The van der Waals surface area contributed by atoms with Crippen molar-refractivity contribution in [2.45, 2.75) is 19.8 Å². The van der Waals surface area contributed by atoms with Gasteiger partial charge in [-0.3, -0.25) is 4.72 Å². The third-order valence-corrected chi connectivity index (χ3v) is 5.37. The Kier molecular flexibility index (Phi) is 5.18. The Bertz CT molecular complexity index is 584. The maximum absolute atomic E-state index is 13.2. The SMILES string of the molecule is CNCC1CCN(S(=O)(=O)Nc2cc(F)ccc2C)CC1. The molecule has 0 amide bonds. The van der Waals surface area contributed by atoms with Crippen LogP contribution < -0.4 is 10.0 Å².